The van der Waals surface area contributed by atoms with E-state index in [2.05, 4.69) is 9.97 Å². The van der Waals surface area contributed by atoms with Crippen LogP contribution >= 0.6 is 0 Å². The molecule has 8 heteroatoms. The monoisotopic (exact) mass is 334 g/mol. The van der Waals surface area contributed by atoms with Gasteiger partial charge in [0.25, 0.3) is 5.91 Å². The van der Waals surface area contributed by atoms with E-state index in [9.17, 15) is 13.6 Å². The van der Waals surface area contributed by atoms with Gasteiger partial charge in [-0.05, 0) is 12.0 Å². The maximum absolute atomic E-state index is 14.1. The molecule has 0 saturated heterocycles. The van der Waals surface area contributed by atoms with Gasteiger partial charge < -0.3 is 10.5 Å². The molecule has 6 nitrogen and oxygen atoms in total. The Labute approximate surface area is 137 Å². The van der Waals surface area contributed by atoms with Crippen molar-refractivity contribution in [3.8, 4) is 5.75 Å². The fraction of sp³-hybridized carbons (Fsp3) is 0.312. The first kappa shape index (κ1) is 16.3. The second-order valence-corrected chi connectivity index (χ2v) is 5.56. The fourth-order valence-corrected chi connectivity index (χ4v) is 2.68. The lowest BCUT2D eigenvalue weighted by Crippen LogP contribution is -2.32. The molecular weight excluding hydrogens is 318 g/mol. The van der Waals surface area contributed by atoms with Crippen molar-refractivity contribution in [2.24, 2.45) is 5.73 Å². The van der Waals surface area contributed by atoms with Crippen LogP contribution in [0.3, 0.4) is 0 Å². The molecule has 24 heavy (non-hydrogen) atoms. The molecule has 2 N–H and O–H groups in total. The van der Waals surface area contributed by atoms with Crippen molar-refractivity contribution in [3.63, 3.8) is 0 Å². The number of primary amides is 1. The molecular formula is C16H16F2N4O2. The molecule has 0 aliphatic carbocycles. The van der Waals surface area contributed by atoms with Crippen LogP contribution in [0.15, 0.2) is 18.3 Å². The number of fused-ring (bicyclic) bond motifs is 1. The Morgan fingerprint density at radius 3 is 2.71 bits per heavy atom. The number of carbonyl (C=O) groups excluding carboxylic acids is 1. The SMILES string of the molecule is COc1cc(F)c(CN2CCc3cnc(C(N)=O)nc3C2)c(F)c1. The Bertz CT molecular complexity index is 775. The molecule has 1 aliphatic rings. The van der Waals surface area contributed by atoms with Gasteiger partial charge >= 0.3 is 0 Å². The first-order valence-corrected chi connectivity index (χ1v) is 7.36. The molecule has 0 saturated carbocycles. The van der Waals surface area contributed by atoms with Crippen LogP contribution in [-0.4, -0.2) is 34.4 Å². The normalized spacial score (nSPS) is 14.3. The highest BCUT2D eigenvalue weighted by Crippen LogP contribution is 2.24. The lowest BCUT2D eigenvalue weighted by Gasteiger charge is -2.28. The molecule has 0 bridgehead atoms. The molecule has 2 aromatic rings. The predicted molar refractivity (Wildman–Crippen MR) is 81.3 cm³/mol. The standard InChI is InChI=1S/C16H16F2N4O2/c1-24-10-4-12(17)11(13(18)5-10)7-22-3-2-9-6-20-16(15(19)23)21-14(9)8-22/h4-6H,2-3,7-8H2,1H3,(H2,19,23). The van der Waals surface area contributed by atoms with Crippen molar-refractivity contribution in [2.45, 2.75) is 19.5 Å². The minimum atomic E-state index is -0.706. The number of nitrogens with two attached hydrogens (primary N) is 1. The van der Waals surface area contributed by atoms with Crippen LogP contribution in [-0.2, 0) is 19.5 Å². The summed E-state index contributed by atoms with van der Waals surface area (Å²) in [5.41, 5.74) is 6.72. The lowest BCUT2D eigenvalue weighted by atomic mass is 10.1. The second-order valence-electron chi connectivity index (χ2n) is 5.56. The molecule has 0 spiro atoms. The van der Waals surface area contributed by atoms with Crippen molar-refractivity contribution >= 4 is 5.91 Å². The Morgan fingerprint density at radius 2 is 2.08 bits per heavy atom. The topological polar surface area (TPSA) is 81.3 Å². The molecule has 0 fully saturated rings. The Balaban J connectivity index is 1.81. The number of methoxy groups -OCH3 is 1. The summed E-state index contributed by atoms with van der Waals surface area (Å²) in [5.74, 6) is -1.94. The van der Waals surface area contributed by atoms with Gasteiger partial charge in [0.1, 0.15) is 17.4 Å². The average Bonchev–Trinajstić information content (AvgIpc) is 2.57. The molecule has 1 aliphatic heterocycles. The molecule has 2 heterocycles. The number of hydrogen-bond acceptors (Lipinski definition) is 5. The van der Waals surface area contributed by atoms with Gasteiger partial charge in [-0.1, -0.05) is 0 Å². The number of hydrogen-bond donors (Lipinski definition) is 1. The van der Waals surface area contributed by atoms with E-state index in [1.807, 2.05) is 4.90 Å². The maximum Gasteiger partial charge on any atom is 0.286 e. The first-order chi connectivity index (χ1) is 11.5. The van der Waals surface area contributed by atoms with Crippen LogP contribution in [0.4, 0.5) is 8.78 Å². The van der Waals surface area contributed by atoms with E-state index in [-0.39, 0.29) is 23.7 Å². The molecule has 1 aromatic carbocycles. The van der Waals surface area contributed by atoms with Crippen molar-refractivity contribution in [1.29, 1.82) is 0 Å². The summed E-state index contributed by atoms with van der Waals surface area (Å²) in [6, 6.07) is 2.31. The smallest absolute Gasteiger partial charge is 0.286 e. The minimum absolute atomic E-state index is 0.0246. The summed E-state index contributed by atoms with van der Waals surface area (Å²) >= 11 is 0. The van der Waals surface area contributed by atoms with Gasteiger partial charge in [-0.3, -0.25) is 9.69 Å². The van der Waals surface area contributed by atoms with Crippen LogP contribution in [0.25, 0.3) is 0 Å². The van der Waals surface area contributed by atoms with Crippen molar-refractivity contribution in [3.05, 3.63) is 52.6 Å². The zero-order valence-electron chi connectivity index (χ0n) is 13.1. The third-order valence-corrected chi connectivity index (χ3v) is 3.98. The van der Waals surface area contributed by atoms with Gasteiger partial charge in [0.2, 0.25) is 5.82 Å². The number of benzene rings is 1. The van der Waals surface area contributed by atoms with E-state index in [0.29, 0.717) is 25.2 Å². The molecule has 1 amide bonds. The largest absolute Gasteiger partial charge is 0.497 e. The van der Waals surface area contributed by atoms with Gasteiger partial charge in [0.15, 0.2) is 0 Å². The molecule has 126 valence electrons. The van der Waals surface area contributed by atoms with Gasteiger partial charge in [-0.15, -0.1) is 0 Å². The molecule has 1 aromatic heterocycles. The summed E-state index contributed by atoms with van der Waals surface area (Å²) in [4.78, 5) is 21.1. The van der Waals surface area contributed by atoms with Gasteiger partial charge in [0.05, 0.1) is 12.8 Å². The Kier molecular flexibility index (Phi) is 4.39. The van der Waals surface area contributed by atoms with Crippen LogP contribution in [0.5, 0.6) is 5.75 Å². The number of carbonyl (C=O) groups is 1. The summed E-state index contributed by atoms with van der Waals surface area (Å²) in [5, 5.41) is 0. The zero-order chi connectivity index (χ0) is 17.3. The Hall–Kier alpha value is -2.61. The summed E-state index contributed by atoms with van der Waals surface area (Å²) in [6.45, 7) is 1.07. The van der Waals surface area contributed by atoms with Crippen molar-refractivity contribution in [2.75, 3.05) is 13.7 Å². The number of rotatable bonds is 4. The lowest BCUT2D eigenvalue weighted by molar-refractivity contribution is 0.0989. The summed E-state index contributed by atoms with van der Waals surface area (Å²) in [7, 11) is 1.35. The van der Waals surface area contributed by atoms with Gasteiger partial charge in [-0.2, -0.15) is 0 Å². The van der Waals surface area contributed by atoms with E-state index in [1.54, 1.807) is 6.20 Å². The minimum Gasteiger partial charge on any atom is -0.497 e. The van der Waals surface area contributed by atoms with Crippen LogP contribution in [0.2, 0.25) is 0 Å². The molecule has 0 unspecified atom stereocenters. The van der Waals surface area contributed by atoms with E-state index in [4.69, 9.17) is 10.5 Å². The van der Waals surface area contributed by atoms with Crippen molar-refractivity contribution < 1.29 is 18.3 Å². The van der Waals surface area contributed by atoms with E-state index in [1.165, 1.54) is 7.11 Å². The van der Waals surface area contributed by atoms with Crippen LogP contribution in [0, 0.1) is 11.6 Å². The first-order valence-electron chi connectivity index (χ1n) is 7.36. The van der Waals surface area contributed by atoms with E-state index < -0.39 is 17.5 Å². The van der Waals surface area contributed by atoms with Gasteiger partial charge in [-0.25, -0.2) is 18.7 Å². The molecule has 0 atom stereocenters. The van der Waals surface area contributed by atoms with Gasteiger partial charge in [0, 0.05) is 43.5 Å². The second kappa shape index (κ2) is 6.48. The number of ether oxygens (including phenoxy) is 1. The van der Waals surface area contributed by atoms with Crippen LogP contribution < -0.4 is 10.5 Å². The number of halogens is 2. The zero-order valence-corrected chi connectivity index (χ0v) is 13.1. The highest BCUT2D eigenvalue weighted by atomic mass is 19.1. The number of aromatic nitrogens is 2. The summed E-state index contributed by atoms with van der Waals surface area (Å²) in [6.07, 6.45) is 2.21. The number of nitrogens with zero attached hydrogens (tertiary/aromatic N) is 3. The van der Waals surface area contributed by atoms with E-state index in [0.717, 1.165) is 17.7 Å². The summed E-state index contributed by atoms with van der Waals surface area (Å²) < 4.78 is 33.0. The third kappa shape index (κ3) is 3.18. The predicted octanol–water partition coefficient (Wildman–Crippen LogP) is 1.42. The molecule has 0 radical (unpaired) electrons. The quantitative estimate of drug-likeness (QED) is 0.914. The van der Waals surface area contributed by atoms with E-state index >= 15 is 0 Å². The maximum atomic E-state index is 14.1. The Morgan fingerprint density at radius 1 is 1.38 bits per heavy atom. The van der Waals surface area contributed by atoms with Crippen LogP contribution in [0.1, 0.15) is 27.4 Å². The third-order valence-electron chi connectivity index (χ3n) is 3.98. The van der Waals surface area contributed by atoms with Crippen molar-refractivity contribution in [1.82, 2.24) is 14.9 Å². The highest BCUT2D eigenvalue weighted by Gasteiger charge is 2.22. The number of amides is 1. The fourth-order valence-electron chi connectivity index (χ4n) is 2.68. The highest BCUT2D eigenvalue weighted by molar-refractivity contribution is 5.88. The average molecular weight is 334 g/mol. The molecule has 3 rings (SSSR count).